The zero-order valence-electron chi connectivity index (χ0n) is 19.0. The van der Waals surface area contributed by atoms with Gasteiger partial charge in [-0.1, -0.05) is 29.3 Å². The highest BCUT2D eigenvalue weighted by atomic mass is 79.9. The van der Waals surface area contributed by atoms with Gasteiger partial charge in [-0.15, -0.1) is 0 Å². The zero-order chi connectivity index (χ0) is 26.6. The molecule has 3 amide bonds. The maximum atomic E-state index is 13.9. The van der Waals surface area contributed by atoms with Crippen LogP contribution in [0.2, 0.25) is 10.0 Å². The number of hydrogen-bond acceptors (Lipinski definition) is 5. The number of methoxy groups -OCH3 is 2. The number of urea groups is 1. The van der Waals surface area contributed by atoms with Gasteiger partial charge in [-0.25, -0.2) is 13.6 Å². The molecule has 0 fully saturated rings. The van der Waals surface area contributed by atoms with Crippen molar-refractivity contribution in [3.8, 4) is 11.5 Å². The Bertz CT molecular complexity index is 1300. The van der Waals surface area contributed by atoms with E-state index in [-0.39, 0.29) is 16.5 Å². The average molecular weight is 604 g/mol. The van der Waals surface area contributed by atoms with Crippen LogP contribution in [-0.4, -0.2) is 26.2 Å². The first kappa shape index (κ1) is 27.8. The Morgan fingerprint density at radius 3 is 2.25 bits per heavy atom. The molecule has 3 aromatic carbocycles. The molecule has 2 N–H and O–H groups in total. The van der Waals surface area contributed by atoms with Gasteiger partial charge in [0.05, 0.1) is 15.1 Å². The summed E-state index contributed by atoms with van der Waals surface area (Å²) in [5.74, 6) is -2.91. The second-order valence-electron chi connectivity index (χ2n) is 7.27. The summed E-state index contributed by atoms with van der Waals surface area (Å²) in [5, 5.41) is 4.93. The number of ether oxygens (including phenoxy) is 3. The van der Waals surface area contributed by atoms with E-state index < -0.39 is 35.4 Å². The van der Waals surface area contributed by atoms with Gasteiger partial charge in [0.25, 0.3) is 5.91 Å². The van der Waals surface area contributed by atoms with Crippen LogP contribution in [0, 0.1) is 18.6 Å². The minimum Gasteiger partial charge on any atom is -0.454 e. The summed E-state index contributed by atoms with van der Waals surface area (Å²) >= 11 is 16.0. The predicted octanol–water partition coefficient (Wildman–Crippen LogP) is 7.39. The van der Waals surface area contributed by atoms with Crippen LogP contribution < -0.4 is 15.4 Å². The number of rotatable bonds is 7. The molecule has 3 aromatic rings. The van der Waals surface area contributed by atoms with Gasteiger partial charge in [0.2, 0.25) is 0 Å². The Morgan fingerprint density at radius 1 is 1.03 bits per heavy atom. The van der Waals surface area contributed by atoms with Gasteiger partial charge in [-0.05, 0) is 64.8 Å². The molecule has 7 nitrogen and oxygen atoms in total. The Morgan fingerprint density at radius 2 is 1.67 bits per heavy atom. The molecule has 0 saturated heterocycles. The zero-order valence-corrected chi connectivity index (χ0v) is 22.1. The van der Waals surface area contributed by atoms with E-state index in [1.54, 1.807) is 25.1 Å². The molecule has 0 saturated carbocycles. The molecule has 0 aliphatic carbocycles. The van der Waals surface area contributed by atoms with Crippen LogP contribution in [0.1, 0.15) is 27.8 Å². The number of anilines is 1. The minimum absolute atomic E-state index is 0.107. The highest BCUT2D eigenvalue weighted by Crippen LogP contribution is 2.44. The number of halogens is 5. The molecule has 0 heterocycles. The summed E-state index contributed by atoms with van der Waals surface area (Å²) in [5.41, 5.74) is -0.0551. The molecule has 3 rings (SSSR count). The van der Waals surface area contributed by atoms with E-state index in [1.165, 1.54) is 20.3 Å². The van der Waals surface area contributed by atoms with Crippen LogP contribution in [0.4, 0.5) is 19.3 Å². The molecule has 0 aliphatic heterocycles. The second-order valence-corrected chi connectivity index (χ2v) is 8.94. The molecule has 190 valence electrons. The first-order chi connectivity index (χ1) is 17.1. The third kappa shape index (κ3) is 6.13. The number of nitrogens with one attached hydrogen (secondary N) is 2. The van der Waals surface area contributed by atoms with Crippen molar-refractivity contribution in [2.45, 2.75) is 13.2 Å². The van der Waals surface area contributed by atoms with E-state index in [4.69, 9.17) is 37.4 Å². The molecule has 0 radical (unpaired) electrons. The molecule has 0 aromatic heterocycles. The van der Waals surface area contributed by atoms with E-state index in [0.717, 1.165) is 18.2 Å². The number of hydrogen-bond donors (Lipinski definition) is 2. The van der Waals surface area contributed by atoms with Crippen molar-refractivity contribution in [3.63, 3.8) is 0 Å². The number of benzene rings is 3. The number of amides is 3. The van der Waals surface area contributed by atoms with Crippen molar-refractivity contribution in [2.75, 3.05) is 19.5 Å². The molecule has 0 aliphatic rings. The van der Waals surface area contributed by atoms with Crippen molar-refractivity contribution >= 4 is 56.8 Å². The van der Waals surface area contributed by atoms with Gasteiger partial charge < -0.3 is 19.5 Å². The van der Waals surface area contributed by atoms with Crippen molar-refractivity contribution in [2.24, 2.45) is 0 Å². The van der Waals surface area contributed by atoms with Gasteiger partial charge >= 0.3 is 6.03 Å². The lowest BCUT2D eigenvalue weighted by molar-refractivity contribution is -0.106. The first-order valence-electron chi connectivity index (χ1n) is 10.1. The van der Waals surface area contributed by atoms with Crippen LogP contribution in [0.5, 0.6) is 11.5 Å². The van der Waals surface area contributed by atoms with E-state index in [0.29, 0.717) is 26.4 Å². The minimum atomic E-state index is -1.26. The fourth-order valence-corrected chi connectivity index (χ4v) is 4.22. The van der Waals surface area contributed by atoms with Crippen molar-refractivity contribution < 1.29 is 32.6 Å². The standard InChI is InChI=1S/C24H19BrCl2F2N2O5/c1-11-17(30-24(33)31-22(32)19-15(28)5-4-6-16(19)29)10-13(23(34-2)35-3)21(20(11)27)36-18-8-7-12(26)9-14(18)25/h4-10,23H,1-3H3,(H2,30,31,32,33). The third-order valence-corrected chi connectivity index (χ3v) is 6.26. The number of carbonyl (C=O) groups excluding carboxylic acids is 2. The van der Waals surface area contributed by atoms with Crippen molar-refractivity contribution in [1.29, 1.82) is 0 Å². The Hall–Kier alpha value is -2.76. The lowest BCUT2D eigenvalue weighted by Crippen LogP contribution is -2.35. The monoisotopic (exact) mass is 602 g/mol. The van der Waals surface area contributed by atoms with Gasteiger partial charge in [0.15, 0.2) is 12.0 Å². The van der Waals surface area contributed by atoms with Gasteiger partial charge in [0, 0.05) is 24.9 Å². The molecule has 0 bridgehead atoms. The van der Waals surface area contributed by atoms with E-state index in [9.17, 15) is 18.4 Å². The lowest BCUT2D eigenvalue weighted by atomic mass is 10.1. The van der Waals surface area contributed by atoms with E-state index >= 15 is 0 Å². The van der Waals surface area contributed by atoms with Crippen LogP contribution in [0.15, 0.2) is 46.9 Å². The summed E-state index contributed by atoms with van der Waals surface area (Å²) < 4.78 is 45.1. The molecule has 36 heavy (non-hydrogen) atoms. The normalized spacial score (nSPS) is 10.9. The van der Waals surface area contributed by atoms with E-state index in [1.807, 2.05) is 5.32 Å². The van der Waals surface area contributed by atoms with Crippen LogP contribution in [0.3, 0.4) is 0 Å². The van der Waals surface area contributed by atoms with Crippen LogP contribution in [-0.2, 0) is 9.47 Å². The first-order valence-corrected chi connectivity index (χ1v) is 11.7. The third-order valence-electron chi connectivity index (χ3n) is 4.95. The molecule has 0 unspecified atom stereocenters. The fourth-order valence-electron chi connectivity index (χ4n) is 3.21. The van der Waals surface area contributed by atoms with Gasteiger partial charge in [-0.3, -0.25) is 10.1 Å². The molecular weight excluding hydrogens is 585 g/mol. The maximum Gasteiger partial charge on any atom is 0.326 e. The quantitative estimate of drug-likeness (QED) is 0.275. The summed E-state index contributed by atoms with van der Waals surface area (Å²) in [4.78, 5) is 24.8. The Balaban J connectivity index is 1.95. The van der Waals surface area contributed by atoms with Crippen LogP contribution in [0.25, 0.3) is 0 Å². The smallest absolute Gasteiger partial charge is 0.326 e. The lowest BCUT2D eigenvalue weighted by Gasteiger charge is -2.22. The van der Waals surface area contributed by atoms with Crippen LogP contribution >= 0.6 is 39.1 Å². The van der Waals surface area contributed by atoms with Crippen molar-refractivity contribution in [3.05, 3.63) is 85.3 Å². The maximum absolute atomic E-state index is 13.9. The molecule has 12 heteroatoms. The SMILES string of the molecule is COC(OC)c1cc(NC(=O)NC(=O)c2c(F)cccc2F)c(C)c(Cl)c1Oc1ccc(Cl)cc1Br. The highest BCUT2D eigenvalue weighted by molar-refractivity contribution is 9.10. The van der Waals surface area contributed by atoms with Gasteiger partial charge in [-0.2, -0.15) is 0 Å². The number of carbonyl (C=O) groups is 2. The summed E-state index contributed by atoms with van der Waals surface area (Å²) in [7, 11) is 2.79. The predicted molar refractivity (Wildman–Crippen MR) is 135 cm³/mol. The Labute approximate surface area is 223 Å². The topological polar surface area (TPSA) is 85.9 Å². The molecule has 0 spiro atoms. The second kappa shape index (κ2) is 12.0. The Kier molecular flexibility index (Phi) is 9.26. The summed E-state index contributed by atoms with van der Waals surface area (Å²) in [6, 6.07) is 8.23. The summed E-state index contributed by atoms with van der Waals surface area (Å²) in [6.45, 7) is 1.60. The van der Waals surface area contributed by atoms with E-state index in [2.05, 4.69) is 21.2 Å². The van der Waals surface area contributed by atoms with Crippen molar-refractivity contribution in [1.82, 2.24) is 5.32 Å². The molecular formula is C24H19BrCl2F2N2O5. The fraction of sp³-hybridized carbons (Fsp3) is 0.167. The molecule has 0 atom stereocenters. The average Bonchev–Trinajstić information content (AvgIpc) is 2.81. The highest BCUT2D eigenvalue weighted by Gasteiger charge is 2.25. The van der Waals surface area contributed by atoms with Gasteiger partial charge in [0.1, 0.15) is 22.9 Å². The largest absolute Gasteiger partial charge is 0.454 e. The number of imide groups is 1. The summed E-state index contributed by atoms with van der Waals surface area (Å²) in [6.07, 6.45) is -0.957.